The molecule has 7 nitrogen and oxygen atoms in total. The number of rotatable bonds is 5. The number of hydrogen-bond acceptors (Lipinski definition) is 5. The van der Waals surface area contributed by atoms with Gasteiger partial charge in [-0.2, -0.15) is 0 Å². The standard InChI is InChI=1S/C13H11ClN2O5S/c1-21-12-7-6-9(8-10(12)14)15-22(19,20)13-5-3-2-4-11(13)16(17)18/h2-8,15H,1H3. The van der Waals surface area contributed by atoms with Crippen LogP contribution in [0.3, 0.4) is 0 Å². The molecule has 0 unspecified atom stereocenters. The van der Waals surface area contributed by atoms with Crippen LogP contribution in [0.1, 0.15) is 0 Å². The fraction of sp³-hybridized carbons (Fsp3) is 0.0769. The molecule has 0 aliphatic rings. The van der Waals surface area contributed by atoms with Crippen LogP contribution in [0.2, 0.25) is 5.02 Å². The second kappa shape index (κ2) is 6.20. The van der Waals surface area contributed by atoms with Gasteiger partial charge in [-0.25, -0.2) is 8.42 Å². The fourth-order valence-corrected chi connectivity index (χ4v) is 3.26. The number of para-hydroxylation sites is 1. The van der Waals surface area contributed by atoms with Gasteiger partial charge in [-0.05, 0) is 24.3 Å². The van der Waals surface area contributed by atoms with E-state index in [4.69, 9.17) is 16.3 Å². The van der Waals surface area contributed by atoms with E-state index in [1.54, 1.807) is 0 Å². The summed E-state index contributed by atoms with van der Waals surface area (Å²) >= 11 is 5.92. The summed E-state index contributed by atoms with van der Waals surface area (Å²) < 4.78 is 31.8. The summed E-state index contributed by atoms with van der Waals surface area (Å²) in [5.74, 6) is 0.385. The largest absolute Gasteiger partial charge is 0.495 e. The van der Waals surface area contributed by atoms with Crippen molar-refractivity contribution in [3.05, 3.63) is 57.6 Å². The van der Waals surface area contributed by atoms with Crippen LogP contribution in [-0.4, -0.2) is 20.5 Å². The molecule has 0 bridgehead atoms. The Bertz CT molecular complexity index is 823. The molecule has 22 heavy (non-hydrogen) atoms. The minimum atomic E-state index is -4.12. The lowest BCUT2D eigenvalue weighted by atomic mass is 10.3. The third-order valence-corrected chi connectivity index (χ3v) is 4.48. The van der Waals surface area contributed by atoms with Crippen LogP contribution in [-0.2, 0) is 10.0 Å². The number of methoxy groups -OCH3 is 1. The third kappa shape index (κ3) is 3.29. The molecule has 0 heterocycles. The number of nitro benzene ring substituents is 1. The molecule has 0 saturated carbocycles. The number of sulfonamides is 1. The third-order valence-electron chi connectivity index (χ3n) is 2.76. The first kappa shape index (κ1) is 16.1. The van der Waals surface area contributed by atoms with E-state index < -0.39 is 25.5 Å². The highest BCUT2D eigenvalue weighted by Crippen LogP contribution is 2.30. The number of nitrogens with zero attached hydrogens (tertiary/aromatic N) is 1. The Morgan fingerprint density at radius 2 is 1.91 bits per heavy atom. The van der Waals surface area contributed by atoms with Gasteiger partial charge >= 0.3 is 0 Å². The van der Waals surface area contributed by atoms with Crippen LogP contribution in [0.15, 0.2) is 47.4 Å². The molecule has 0 fully saturated rings. The number of nitrogens with one attached hydrogen (secondary N) is 1. The summed E-state index contributed by atoms with van der Waals surface area (Å²) in [5.41, 5.74) is -0.335. The van der Waals surface area contributed by atoms with Crippen LogP contribution in [0.25, 0.3) is 0 Å². The molecule has 0 aliphatic carbocycles. The van der Waals surface area contributed by atoms with Crippen molar-refractivity contribution in [2.24, 2.45) is 0 Å². The lowest BCUT2D eigenvalue weighted by Gasteiger charge is -2.10. The monoisotopic (exact) mass is 342 g/mol. The first-order valence-corrected chi connectivity index (χ1v) is 7.81. The number of nitro groups is 1. The van der Waals surface area contributed by atoms with Gasteiger partial charge < -0.3 is 4.74 Å². The summed E-state index contributed by atoms with van der Waals surface area (Å²) in [7, 11) is -2.69. The van der Waals surface area contributed by atoms with Crippen LogP contribution in [0.4, 0.5) is 11.4 Å². The lowest BCUT2D eigenvalue weighted by Crippen LogP contribution is -2.14. The van der Waals surface area contributed by atoms with E-state index in [0.717, 1.165) is 12.1 Å². The van der Waals surface area contributed by atoms with Crippen LogP contribution in [0.5, 0.6) is 5.75 Å². The highest BCUT2D eigenvalue weighted by molar-refractivity contribution is 7.92. The SMILES string of the molecule is COc1ccc(NS(=O)(=O)c2ccccc2[N+](=O)[O-])cc1Cl. The molecule has 2 aromatic rings. The van der Waals surface area contributed by atoms with Gasteiger partial charge in [0, 0.05) is 6.07 Å². The van der Waals surface area contributed by atoms with Gasteiger partial charge in [0.1, 0.15) is 5.75 Å². The zero-order valence-corrected chi connectivity index (χ0v) is 12.9. The molecular formula is C13H11ClN2O5S. The van der Waals surface area contributed by atoms with Crippen LogP contribution >= 0.6 is 11.6 Å². The van der Waals surface area contributed by atoms with Crippen molar-refractivity contribution in [3.8, 4) is 5.75 Å². The number of benzene rings is 2. The van der Waals surface area contributed by atoms with Gasteiger partial charge in [0.2, 0.25) is 0 Å². The Labute approximate surface area is 131 Å². The molecule has 1 N–H and O–H groups in total. The Kier molecular flexibility index (Phi) is 4.53. The van der Waals surface area contributed by atoms with Crippen LogP contribution in [0, 0.1) is 10.1 Å². The maximum atomic E-state index is 12.3. The van der Waals surface area contributed by atoms with Gasteiger partial charge in [-0.1, -0.05) is 23.7 Å². The van der Waals surface area contributed by atoms with Crippen molar-refractivity contribution in [2.75, 3.05) is 11.8 Å². The second-order valence-corrected chi connectivity index (χ2v) is 6.24. The summed E-state index contributed by atoms with van der Waals surface area (Å²) in [4.78, 5) is 9.76. The summed E-state index contributed by atoms with van der Waals surface area (Å²) in [6.07, 6.45) is 0. The summed E-state index contributed by atoms with van der Waals surface area (Å²) in [6, 6.07) is 9.36. The van der Waals surface area contributed by atoms with Crippen molar-refractivity contribution >= 4 is 33.0 Å². The molecule has 0 aliphatic heterocycles. The average molecular weight is 343 g/mol. The Balaban J connectivity index is 2.40. The fourth-order valence-electron chi connectivity index (χ4n) is 1.78. The normalized spacial score (nSPS) is 11.0. The predicted octanol–water partition coefficient (Wildman–Crippen LogP) is 3.06. The molecule has 2 rings (SSSR count). The molecule has 0 aromatic heterocycles. The van der Waals surface area contributed by atoms with E-state index in [1.807, 2.05) is 0 Å². The maximum absolute atomic E-state index is 12.3. The van der Waals surface area contributed by atoms with Crippen molar-refractivity contribution in [1.29, 1.82) is 0 Å². The van der Waals surface area contributed by atoms with Gasteiger partial charge in [-0.3, -0.25) is 14.8 Å². The molecular weight excluding hydrogens is 332 g/mol. The minimum Gasteiger partial charge on any atom is -0.495 e. The smallest absolute Gasteiger partial charge is 0.289 e. The predicted molar refractivity (Wildman–Crippen MR) is 81.9 cm³/mol. The molecule has 0 spiro atoms. The number of ether oxygens (including phenoxy) is 1. The van der Waals surface area contributed by atoms with E-state index >= 15 is 0 Å². The Morgan fingerprint density at radius 1 is 1.23 bits per heavy atom. The minimum absolute atomic E-state index is 0.170. The molecule has 0 atom stereocenters. The van der Waals surface area contributed by atoms with Gasteiger partial charge in [0.25, 0.3) is 15.7 Å². The molecule has 116 valence electrons. The van der Waals surface area contributed by atoms with Crippen molar-refractivity contribution in [2.45, 2.75) is 4.90 Å². The molecule has 0 radical (unpaired) electrons. The van der Waals surface area contributed by atoms with Crippen molar-refractivity contribution in [3.63, 3.8) is 0 Å². The molecule has 0 saturated heterocycles. The van der Waals surface area contributed by atoms with Crippen molar-refractivity contribution < 1.29 is 18.1 Å². The van der Waals surface area contributed by atoms with E-state index in [0.29, 0.717) is 5.75 Å². The summed E-state index contributed by atoms with van der Waals surface area (Å²) in [5, 5.41) is 11.1. The summed E-state index contributed by atoms with van der Waals surface area (Å²) in [6.45, 7) is 0. The molecule has 9 heteroatoms. The van der Waals surface area contributed by atoms with Crippen LogP contribution < -0.4 is 9.46 Å². The van der Waals surface area contributed by atoms with Gasteiger partial charge in [-0.15, -0.1) is 0 Å². The number of hydrogen-bond donors (Lipinski definition) is 1. The average Bonchev–Trinajstić information content (AvgIpc) is 2.47. The maximum Gasteiger partial charge on any atom is 0.289 e. The second-order valence-electron chi connectivity index (χ2n) is 4.18. The zero-order chi connectivity index (χ0) is 16.3. The van der Waals surface area contributed by atoms with E-state index in [9.17, 15) is 18.5 Å². The Hall–Kier alpha value is -2.32. The first-order valence-electron chi connectivity index (χ1n) is 5.95. The van der Waals surface area contributed by atoms with E-state index in [-0.39, 0.29) is 10.7 Å². The highest BCUT2D eigenvalue weighted by Gasteiger charge is 2.25. The topological polar surface area (TPSA) is 98.5 Å². The Morgan fingerprint density at radius 3 is 2.50 bits per heavy atom. The number of anilines is 1. The first-order chi connectivity index (χ1) is 10.3. The lowest BCUT2D eigenvalue weighted by molar-refractivity contribution is -0.387. The quantitative estimate of drug-likeness (QED) is 0.665. The zero-order valence-electron chi connectivity index (χ0n) is 11.3. The highest BCUT2D eigenvalue weighted by atomic mass is 35.5. The van der Waals surface area contributed by atoms with Crippen molar-refractivity contribution in [1.82, 2.24) is 0 Å². The van der Waals surface area contributed by atoms with E-state index in [2.05, 4.69) is 4.72 Å². The number of halogens is 1. The van der Waals surface area contributed by atoms with Gasteiger partial charge in [0.05, 0.1) is 22.7 Å². The van der Waals surface area contributed by atoms with Gasteiger partial charge in [0.15, 0.2) is 4.90 Å². The molecule has 0 amide bonds. The van der Waals surface area contributed by atoms with E-state index in [1.165, 1.54) is 37.4 Å². The molecule has 2 aromatic carbocycles.